The van der Waals surface area contributed by atoms with Crippen LogP contribution in [0.15, 0.2) is 34.8 Å². The molecule has 2 aromatic rings. The van der Waals surface area contributed by atoms with Gasteiger partial charge in [0.1, 0.15) is 5.75 Å². The Morgan fingerprint density at radius 1 is 1.20 bits per heavy atom. The van der Waals surface area contributed by atoms with Crippen molar-refractivity contribution < 1.29 is 4.74 Å². The zero-order valence-corrected chi connectivity index (χ0v) is 14.6. The molecule has 0 aliphatic heterocycles. The SMILES string of the molecule is COc1cc(Br)ccc1C(N)c1ccc(C(C)(C)C)s1. The van der Waals surface area contributed by atoms with Gasteiger partial charge in [-0.3, -0.25) is 0 Å². The van der Waals surface area contributed by atoms with Gasteiger partial charge >= 0.3 is 0 Å². The number of benzene rings is 1. The molecule has 1 heterocycles. The highest BCUT2D eigenvalue weighted by Gasteiger charge is 2.20. The third kappa shape index (κ3) is 3.25. The summed E-state index contributed by atoms with van der Waals surface area (Å²) in [5.74, 6) is 0.817. The Hall–Kier alpha value is -0.840. The van der Waals surface area contributed by atoms with E-state index < -0.39 is 0 Å². The summed E-state index contributed by atoms with van der Waals surface area (Å²) in [6.07, 6.45) is 0. The van der Waals surface area contributed by atoms with Crippen molar-refractivity contribution in [3.63, 3.8) is 0 Å². The van der Waals surface area contributed by atoms with Gasteiger partial charge in [0.15, 0.2) is 0 Å². The number of thiophene rings is 1. The molecule has 4 heteroatoms. The van der Waals surface area contributed by atoms with Crippen molar-refractivity contribution in [1.82, 2.24) is 0 Å². The first-order valence-corrected chi connectivity index (χ1v) is 8.13. The zero-order valence-electron chi connectivity index (χ0n) is 12.2. The summed E-state index contributed by atoms with van der Waals surface area (Å²) < 4.78 is 6.43. The maximum atomic E-state index is 6.41. The van der Waals surface area contributed by atoms with Crippen molar-refractivity contribution in [1.29, 1.82) is 0 Å². The number of methoxy groups -OCH3 is 1. The molecule has 0 aliphatic carbocycles. The van der Waals surface area contributed by atoms with Gasteiger partial charge in [0.05, 0.1) is 13.2 Å². The summed E-state index contributed by atoms with van der Waals surface area (Å²) in [5, 5.41) is 0. The molecule has 108 valence electrons. The predicted molar refractivity (Wildman–Crippen MR) is 89.7 cm³/mol. The Morgan fingerprint density at radius 3 is 2.45 bits per heavy atom. The minimum atomic E-state index is -0.154. The number of rotatable bonds is 3. The molecule has 0 amide bonds. The molecule has 0 saturated carbocycles. The van der Waals surface area contributed by atoms with Crippen LogP contribution >= 0.6 is 27.3 Å². The Morgan fingerprint density at radius 2 is 1.90 bits per heavy atom. The lowest BCUT2D eigenvalue weighted by Crippen LogP contribution is -2.12. The van der Waals surface area contributed by atoms with Crippen molar-refractivity contribution >= 4 is 27.3 Å². The number of hydrogen-bond acceptors (Lipinski definition) is 3. The molecule has 1 atom stereocenters. The fraction of sp³-hybridized carbons (Fsp3) is 0.375. The van der Waals surface area contributed by atoms with E-state index in [1.807, 2.05) is 18.2 Å². The highest BCUT2D eigenvalue weighted by Crippen LogP contribution is 2.36. The smallest absolute Gasteiger partial charge is 0.125 e. The van der Waals surface area contributed by atoms with Crippen LogP contribution in [0.4, 0.5) is 0 Å². The number of nitrogens with two attached hydrogens (primary N) is 1. The Labute approximate surface area is 133 Å². The second kappa shape index (κ2) is 5.88. The summed E-state index contributed by atoms with van der Waals surface area (Å²) in [4.78, 5) is 2.51. The standard InChI is InChI=1S/C16H20BrNOS/c1-16(2,3)14-8-7-13(20-14)15(18)11-6-5-10(17)9-12(11)19-4/h5-9,15H,18H2,1-4H3. The summed E-state index contributed by atoms with van der Waals surface area (Å²) in [5.41, 5.74) is 7.59. The van der Waals surface area contributed by atoms with Crippen molar-refractivity contribution in [2.45, 2.75) is 32.2 Å². The van der Waals surface area contributed by atoms with Crippen molar-refractivity contribution in [3.05, 3.63) is 50.1 Å². The Balaban J connectivity index is 2.36. The van der Waals surface area contributed by atoms with Gasteiger partial charge in [-0.15, -0.1) is 11.3 Å². The van der Waals surface area contributed by atoms with Crippen LogP contribution in [0.5, 0.6) is 5.75 Å². The molecule has 0 radical (unpaired) electrons. The molecule has 1 unspecified atom stereocenters. The number of hydrogen-bond donors (Lipinski definition) is 1. The second-order valence-corrected chi connectivity index (χ2v) is 7.85. The van der Waals surface area contributed by atoms with E-state index >= 15 is 0 Å². The van der Waals surface area contributed by atoms with Gasteiger partial charge in [-0.2, -0.15) is 0 Å². The highest BCUT2D eigenvalue weighted by molar-refractivity contribution is 9.10. The summed E-state index contributed by atoms with van der Waals surface area (Å²) >= 11 is 5.23. The lowest BCUT2D eigenvalue weighted by Gasteiger charge is -2.17. The van der Waals surface area contributed by atoms with Gasteiger partial charge in [-0.25, -0.2) is 0 Å². The van der Waals surface area contributed by atoms with E-state index in [4.69, 9.17) is 10.5 Å². The fourth-order valence-corrected chi connectivity index (χ4v) is 3.44. The molecule has 20 heavy (non-hydrogen) atoms. The van der Waals surface area contributed by atoms with Gasteiger partial charge in [-0.05, 0) is 29.7 Å². The summed E-state index contributed by atoms with van der Waals surface area (Å²) in [7, 11) is 1.67. The Bertz CT molecular complexity index is 601. The van der Waals surface area contributed by atoms with E-state index in [0.29, 0.717) is 0 Å². The molecule has 0 spiro atoms. The molecule has 1 aromatic carbocycles. The summed E-state index contributed by atoms with van der Waals surface area (Å²) in [6, 6.07) is 10.1. The van der Waals surface area contributed by atoms with E-state index in [1.165, 1.54) is 4.88 Å². The fourth-order valence-electron chi connectivity index (χ4n) is 2.02. The molecular weight excluding hydrogens is 334 g/mol. The number of ether oxygens (including phenoxy) is 1. The maximum absolute atomic E-state index is 6.41. The molecule has 0 aliphatic rings. The molecule has 0 bridgehead atoms. The van der Waals surface area contributed by atoms with Crippen molar-refractivity contribution in [2.24, 2.45) is 5.73 Å². The number of halogens is 1. The topological polar surface area (TPSA) is 35.2 Å². The lowest BCUT2D eigenvalue weighted by atomic mass is 9.95. The predicted octanol–water partition coefficient (Wildman–Crippen LogP) is 4.86. The quantitative estimate of drug-likeness (QED) is 0.854. The normalized spacial score (nSPS) is 13.3. The van der Waals surface area contributed by atoms with E-state index in [1.54, 1.807) is 18.4 Å². The van der Waals surface area contributed by atoms with Gasteiger partial charge in [0, 0.05) is 19.8 Å². The molecular formula is C16H20BrNOS. The first kappa shape index (κ1) is 15.5. The van der Waals surface area contributed by atoms with Crippen LogP contribution in [0.3, 0.4) is 0 Å². The molecule has 2 nitrogen and oxygen atoms in total. The van der Waals surface area contributed by atoms with Crippen LogP contribution in [0.2, 0.25) is 0 Å². The van der Waals surface area contributed by atoms with E-state index in [0.717, 1.165) is 20.7 Å². The largest absolute Gasteiger partial charge is 0.496 e. The molecule has 2 rings (SSSR count). The second-order valence-electron chi connectivity index (χ2n) is 5.82. The van der Waals surface area contributed by atoms with Crippen LogP contribution < -0.4 is 10.5 Å². The average Bonchev–Trinajstić information content (AvgIpc) is 2.87. The monoisotopic (exact) mass is 353 g/mol. The van der Waals surface area contributed by atoms with Crippen LogP contribution in [0.25, 0.3) is 0 Å². The average molecular weight is 354 g/mol. The van der Waals surface area contributed by atoms with E-state index in [2.05, 4.69) is 48.8 Å². The van der Waals surface area contributed by atoms with Gasteiger partial charge < -0.3 is 10.5 Å². The third-order valence-electron chi connectivity index (χ3n) is 3.20. The van der Waals surface area contributed by atoms with Crippen LogP contribution in [-0.2, 0) is 5.41 Å². The lowest BCUT2D eigenvalue weighted by molar-refractivity contribution is 0.407. The van der Waals surface area contributed by atoms with Crippen LogP contribution in [0.1, 0.15) is 42.1 Å². The molecule has 0 fully saturated rings. The van der Waals surface area contributed by atoms with Crippen molar-refractivity contribution in [3.8, 4) is 5.75 Å². The van der Waals surface area contributed by atoms with Gasteiger partial charge in [0.25, 0.3) is 0 Å². The third-order valence-corrected chi connectivity index (χ3v) is 5.29. The minimum Gasteiger partial charge on any atom is -0.496 e. The van der Waals surface area contributed by atoms with Gasteiger partial charge in [0.2, 0.25) is 0 Å². The Kier molecular flexibility index (Phi) is 4.57. The first-order chi connectivity index (χ1) is 9.32. The van der Waals surface area contributed by atoms with E-state index in [-0.39, 0.29) is 11.5 Å². The minimum absolute atomic E-state index is 0.154. The maximum Gasteiger partial charge on any atom is 0.125 e. The van der Waals surface area contributed by atoms with Gasteiger partial charge in [-0.1, -0.05) is 42.8 Å². The zero-order chi connectivity index (χ0) is 14.9. The van der Waals surface area contributed by atoms with Crippen LogP contribution in [0, 0.1) is 0 Å². The van der Waals surface area contributed by atoms with Crippen molar-refractivity contribution in [2.75, 3.05) is 7.11 Å². The summed E-state index contributed by atoms with van der Waals surface area (Å²) in [6.45, 7) is 6.65. The highest BCUT2D eigenvalue weighted by atomic mass is 79.9. The first-order valence-electron chi connectivity index (χ1n) is 6.52. The van der Waals surface area contributed by atoms with E-state index in [9.17, 15) is 0 Å². The molecule has 0 saturated heterocycles. The van der Waals surface area contributed by atoms with Crippen LogP contribution in [-0.4, -0.2) is 7.11 Å². The molecule has 2 N–H and O–H groups in total. The molecule has 1 aromatic heterocycles.